The van der Waals surface area contributed by atoms with E-state index in [4.69, 9.17) is 4.42 Å². The van der Waals surface area contributed by atoms with E-state index in [2.05, 4.69) is 23.9 Å². The third-order valence-corrected chi connectivity index (χ3v) is 4.65. The van der Waals surface area contributed by atoms with E-state index < -0.39 is 10.0 Å². The lowest BCUT2D eigenvalue weighted by Crippen LogP contribution is -2.29. The van der Waals surface area contributed by atoms with Gasteiger partial charge in [-0.15, -0.1) is 0 Å². The highest BCUT2D eigenvalue weighted by Gasteiger charge is 2.19. The largest absolute Gasteiger partial charge is 0.447 e. The van der Waals surface area contributed by atoms with E-state index in [-0.39, 0.29) is 5.09 Å². The first-order chi connectivity index (χ1) is 9.53. The van der Waals surface area contributed by atoms with Crippen LogP contribution in [0.5, 0.6) is 0 Å². The lowest BCUT2D eigenvalue weighted by molar-refractivity contribution is 0.398. The number of unbranched alkanes of at least 4 members (excludes halogenated alkanes) is 1. The first-order valence-electron chi connectivity index (χ1n) is 7.26. The Morgan fingerprint density at radius 2 is 2.05 bits per heavy atom. The molecule has 1 atom stereocenters. The van der Waals surface area contributed by atoms with Crippen LogP contribution in [0.4, 0.5) is 0 Å². The first-order valence-corrected chi connectivity index (χ1v) is 8.74. The number of nitrogens with one attached hydrogen (secondary N) is 2. The third kappa shape index (κ3) is 5.26. The van der Waals surface area contributed by atoms with Crippen LogP contribution in [0, 0.1) is 5.92 Å². The van der Waals surface area contributed by atoms with E-state index >= 15 is 0 Å². The minimum absolute atomic E-state index is 0.00639. The van der Waals surface area contributed by atoms with Crippen LogP contribution in [0.15, 0.2) is 21.6 Å². The van der Waals surface area contributed by atoms with E-state index in [1.807, 2.05) is 0 Å². The summed E-state index contributed by atoms with van der Waals surface area (Å²) in [6.07, 6.45) is 4.30. The Hall–Kier alpha value is -0.850. The van der Waals surface area contributed by atoms with Crippen molar-refractivity contribution in [2.45, 2.75) is 51.2 Å². The lowest BCUT2D eigenvalue weighted by atomic mass is 10.00. The second-order valence-corrected chi connectivity index (χ2v) is 6.72. The van der Waals surface area contributed by atoms with Gasteiger partial charge in [-0.25, -0.2) is 13.1 Å². The van der Waals surface area contributed by atoms with Crippen molar-refractivity contribution in [3.05, 3.63) is 17.9 Å². The van der Waals surface area contributed by atoms with Gasteiger partial charge in [0.2, 0.25) is 5.09 Å². The molecule has 0 aliphatic heterocycles. The van der Waals surface area contributed by atoms with Crippen molar-refractivity contribution in [2.24, 2.45) is 5.92 Å². The minimum Gasteiger partial charge on any atom is -0.447 e. The molecule has 0 saturated carbocycles. The standard InChI is InChI=1S/C14H26N2O3S/c1-4-6-7-12(5-2)10-16-20(17,18)14-9-8-13(19-14)11-15-3/h8-9,12,15-16H,4-7,10-11H2,1-3H3. The minimum atomic E-state index is -3.53. The second-order valence-electron chi connectivity index (χ2n) is 5.02. The fourth-order valence-corrected chi connectivity index (χ4v) is 3.08. The molecule has 0 radical (unpaired) electrons. The molecule has 0 bridgehead atoms. The molecule has 0 amide bonds. The number of furan rings is 1. The van der Waals surface area contributed by atoms with Crippen molar-refractivity contribution in [1.82, 2.24) is 10.0 Å². The van der Waals surface area contributed by atoms with Crippen LogP contribution in [0.2, 0.25) is 0 Å². The fourth-order valence-electron chi connectivity index (χ4n) is 2.01. The molecule has 116 valence electrons. The van der Waals surface area contributed by atoms with Crippen LogP contribution in [0.3, 0.4) is 0 Å². The maximum atomic E-state index is 12.1. The summed E-state index contributed by atoms with van der Waals surface area (Å²) in [6, 6.07) is 3.18. The van der Waals surface area contributed by atoms with Crippen molar-refractivity contribution in [1.29, 1.82) is 0 Å². The Labute approximate surface area is 122 Å². The van der Waals surface area contributed by atoms with Gasteiger partial charge < -0.3 is 9.73 Å². The molecule has 1 unspecified atom stereocenters. The lowest BCUT2D eigenvalue weighted by Gasteiger charge is -2.14. The van der Waals surface area contributed by atoms with Crippen LogP contribution < -0.4 is 10.0 Å². The summed E-state index contributed by atoms with van der Waals surface area (Å²) >= 11 is 0. The molecule has 1 aromatic heterocycles. The third-order valence-electron chi connectivity index (χ3n) is 3.36. The molecule has 1 aromatic rings. The summed E-state index contributed by atoms with van der Waals surface area (Å²) in [6.45, 7) is 5.22. The SMILES string of the molecule is CCCCC(CC)CNS(=O)(=O)c1ccc(CNC)o1. The molecule has 0 saturated heterocycles. The maximum Gasteiger partial charge on any atom is 0.273 e. The summed E-state index contributed by atoms with van der Waals surface area (Å²) in [7, 11) is -1.75. The normalized spacial score (nSPS) is 13.6. The predicted octanol–water partition coefficient (Wildman–Crippen LogP) is 2.49. The van der Waals surface area contributed by atoms with Gasteiger partial charge in [-0.1, -0.05) is 33.1 Å². The summed E-state index contributed by atoms with van der Waals surface area (Å²) in [5.41, 5.74) is 0. The topological polar surface area (TPSA) is 71.3 Å². The predicted molar refractivity (Wildman–Crippen MR) is 80.0 cm³/mol. The summed E-state index contributed by atoms with van der Waals surface area (Å²) in [5, 5.41) is 2.92. The van der Waals surface area contributed by atoms with Crippen LogP contribution in [0.25, 0.3) is 0 Å². The zero-order valence-corrected chi connectivity index (χ0v) is 13.4. The zero-order valence-electron chi connectivity index (χ0n) is 12.6. The van der Waals surface area contributed by atoms with Crippen LogP contribution in [-0.2, 0) is 16.6 Å². The molecular weight excluding hydrogens is 276 g/mol. The zero-order chi connectivity index (χ0) is 15.0. The molecule has 2 N–H and O–H groups in total. The van der Waals surface area contributed by atoms with Crippen molar-refractivity contribution < 1.29 is 12.8 Å². The molecule has 1 rings (SSSR count). The van der Waals surface area contributed by atoms with Crippen LogP contribution >= 0.6 is 0 Å². The summed E-state index contributed by atoms with van der Waals surface area (Å²) < 4.78 is 32.2. The number of hydrogen-bond acceptors (Lipinski definition) is 4. The van der Waals surface area contributed by atoms with Gasteiger partial charge in [0, 0.05) is 6.54 Å². The number of rotatable bonds is 10. The van der Waals surface area contributed by atoms with Gasteiger partial charge in [0.05, 0.1) is 6.54 Å². The molecule has 6 heteroatoms. The molecule has 1 heterocycles. The van der Waals surface area contributed by atoms with E-state index in [1.54, 1.807) is 13.1 Å². The van der Waals surface area contributed by atoms with E-state index in [0.717, 1.165) is 25.7 Å². The van der Waals surface area contributed by atoms with Gasteiger partial charge in [-0.3, -0.25) is 0 Å². The highest BCUT2D eigenvalue weighted by Crippen LogP contribution is 2.16. The van der Waals surface area contributed by atoms with E-state index in [9.17, 15) is 8.42 Å². The van der Waals surface area contributed by atoms with E-state index in [1.165, 1.54) is 6.07 Å². The molecule has 5 nitrogen and oxygen atoms in total. The Bertz CT molecular complexity index is 482. The highest BCUT2D eigenvalue weighted by atomic mass is 32.2. The molecule has 0 aliphatic carbocycles. The number of sulfonamides is 1. The van der Waals surface area contributed by atoms with Gasteiger partial charge in [-0.05, 0) is 31.5 Å². The van der Waals surface area contributed by atoms with Crippen LogP contribution in [0.1, 0.15) is 45.3 Å². The van der Waals surface area contributed by atoms with Crippen molar-refractivity contribution in [3.8, 4) is 0 Å². The Morgan fingerprint density at radius 3 is 2.65 bits per heavy atom. The highest BCUT2D eigenvalue weighted by molar-refractivity contribution is 7.89. The molecular formula is C14H26N2O3S. The Kier molecular flexibility index (Phi) is 7.26. The smallest absolute Gasteiger partial charge is 0.273 e. The Balaban J connectivity index is 2.59. The Morgan fingerprint density at radius 1 is 1.30 bits per heavy atom. The maximum absolute atomic E-state index is 12.1. The quantitative estimate of drug-likeness (QED) is 0.696. The number of hydrogen-bond donors (Lipinski definition) is 2. The van der Waals surface area contributed by atoms with Gasteiger partial charge >= 0.3 is 0 Å². The fraction of sp³-hybridized carbons (Fsp3) is 0.714. The van der Waals surface area contributed by atoms with Crippen molar-refractivity contribution in [3.63, 3.8) is 0 Å². The van der Waals surface area contributed by atoms with Gasteiger partial charge in [0.1, 0.15) is 5.76 Å². The molecule has 0 fully saturated rings. The first kappa shape index (κ1) is 17.2. The van der Waals surface area contributed by atoms with Crippen LogP contribution in [-0.4, -0.2) is 22.0 Å². The molecule has 0 aromatic carbocycles. The average Bonchev–Trinajstić information content (AvgIpc) is 2.89. The monoisotopic (exact) mass is 302 g/mol. The van der Waals surface area contributed by atoms with Crippen molar-refractivity contribution in [2.75, 3.05) is 13.6 Å². The van der Waals surface area contributed by atoms with E-state index in [0.29, 0.717) is 24.8 Å². The molecule has 20 heavy (non-hydrogen) atoms. The molecule has 0 spiro atoms. The summed E-state index contributed by atoms with van der Waals surface area (Å²) in [4.78, 5) is 0. The van der Waals surface area contributed by atoms with Gasteiger partial charge in [-0.2, -0.15) is 0 Å². The molecule has 0 aliphatic rings. The summed E-state index contributed by atoms with van der Waals surface area (Å²) in [5.74, 6) is 1.00. The second kappa shape index (κ2) is 8.44. The average molecular weight is 302 g/mol. The van der Waals surface area contributed by atoms with Crippen molar-refractivity contribution >= 4 is 10.0 Å². The van der Waals surface area contributed by atoms with Gasteiger partial charge in [0.15, 0.2) is 0 Å². The van der Waals surface area contributed by atoms with Gasteiger partial charge in [0.25, 0.3) is 10.0 Å².